The highest BCUT2D eigenvalue weighted by molar-refractivity contribution is 6.18. The minimum atomic E-state index is -0.965. The number of piperazine rings is 2. The van der Waals surface area contributed by atoms with Crippen molar-refractivity contribution in [1.82, 2.24) is 35.3 Å². The Bertz CT molecular complexity index is 2380. The van der Waals surface area contributed by atoms with Gasteiger partial charge < -0.3 is 36.9 Å². The quantitative estimate of drug-likeness (QED) is 0.0259. The topological polar surface area (TPSA) is 268 Å². The van der Waals surface area contributed by atoms with Crippen molar-refractivity contribution in [1.29, 1.82) is 5.41 Å². The maximum absolute atomic E-state index is 13.3. The molecule has 3 fully saturated rings. The summed E-state index contributed by atoms with van der Waals surface area (Å²) in [4.78, 5) is 75.1. The van der Waals surface area contributed by atoms with E-state index in [2.05, 4.69) is 40.7 Å². The summed E-state index contributed by atoms with van der Waals surface area (Å²) in [7, 11) is 1.74. The average Bonchev–Trinajstić information content (AvgIpc) is 3.32. The molecule has 7 rings (SSSR count). The van der Waals surface area contributed by atoms with Crippen molar-refractivity contribution in [2.75, 3.05) is 92.7 Å². The molecule has 21 heteroatoms. The number of halogens is 1. The molecule has 3 aromatic rings. The predicted octanol–water partition coefficient (Wildman–Crippen LogP) is 1.59. The number of allylic oxidation sites excluding steroid dienone is 1. The van der Waals surface area contributed by atoms with Gasteiger partial charge >= 0.3 is 0 Å². The number of rotatable bonds is 12. The number of benzene rings is 2. The number of hydrogen-bond donors (Lipinski definition) is 7. The number of carbonyl (C=O) groups is 5. The fourth-order valence-electron chi connectivity index (χ4n) is 8.42. The zero-order valence-electron chi connectivity index (χ0n) is 37.8. The van der Waals surface area contributed by atoms with Crippen molar-refractivity contribution >= 4 is 76.2 Å². The van der Waals surface area contributed by atoms with Crippen LogP contribution in [0.4, 0.5) is 22.9 Å². The molecule has 3 saturated heterocycles. The van der Waals surface area contributed by atoms with Crippen LogP contribution in [0, 0.1) is 12.3 Å². The van der Waals surface area contributed by atoms with Gasteiger partial charge in [-0.1, -0.05) is 0 Å². The second-order valence-electron chi connectivity index (χ2n) is 16.5. The van der Waals surface area contributed by atoms with Crippen LogP contribution in [-0.4, -0.2) is 150 Å². The number of guanidine groups is 1. The number of piperidine rings is 1. The Labute approximate surface area is 389 Å². The van der Waals surface area contributed by atoms with Crippen LogP contribution < -0.4 is 43.2 Å². The molecule has 0 radical (unpaired) electrons. The summed E-state index contributed by atoms with van der Waals surface area (Å²) in [6, 6.07) is 12.9. The molecule has 2 atom stereocenters. The Morgan fingerprint density at radius 3 is 2.39 bits per heavy atom. The van der Waals surface area contributed by atoms with Gasteiger partial charge in [0.25, 0.3) is 11.8 Å². The number of imide groups is 2. The van der Waals surface area contributed by atoms with E-state index in [1.165, 1.54) is 5.01 Å². The van der Waals surface area contributed by atoms with Crippen molar-refractivity contribution in [2.45, 2.75) is 52.1 Å². The number of aromatic nitrogens is 1. The third-order valence-electron chi connectivity index (χ3n) is 12.4. The van der Waals surface area contributed by atoms with E-state index in [1.54, 1.807) is 55.4 Å². The third-order valence-corrected chi connectivity index (χ3v) is 12.6. The number of aryl methyl sites for hydroxylation is 1. The molecule has 5 heterocycles. The highest BCUT2D eigenvalue weighted by atomic mass is 35.5. The number of pyridine rings is 1. The number of nitrogen functional groups attached to an aromatic ring is 1. The molecule has 0 aliphatic carbocycles. The lowest BCUT2D eigenvalue weighted by Crippen LogP contribution is -2.57. The first kappa shape index (κ1) is 48.8. The molecule has 1 unspecified atom stereocenters. The molecule has 20 nitrogen and oxygen atoms in total. The molecule has 4 aliphatic rings. The Morgan fingerprint density at radius 1 is 1.02 bits per heavy atom. The number of carbonyl (C=O) groups excluding carboxylic acids is 5. The Kier molecular flexibility index (Phi) is 16.3. The van der Waals surface area contributed by atoms with Crippen LogP contribution in [0.5, 0.6) is 0 Å². The van der Waals surface area contributed by atoms with E-state index in [9.17, 15) is 24.0 Å². The normalized spacial score (nSPS) is 19.8. The van der Waals surface area contributed by atoms with E-state index >= 15 is 0 Å². The first-order valence-electron chi connectivity index (χ1n) is 21.9. The molecular formula is C45H60ClN15O5. The lowest BCUT2D eigenvalue weighted by atomic mass is 10.00. The summed E-state index contributed by atoms with van der Waals surface area (Å²) in [6.45, 7) is 13.7. The van der Waals surface area contributed by atoms with E-state index in [-0.39, 0.29) is 24.5 Å². The van der Waals surface area contributed by atoms with E-state index in [0.29, 0.717) is 57.6 Å². The highest BCUT2D eigenvalue weighted by Gasteiger charge is 2.36. The van der Waals surface area contributed by atoms with Crippen molar-refractivity contribution in [3.63, 3.8) is 0 Å². The Morgan fingerprint density at radius 2 is 1.74 bits per heavy atom. The van der Waals surface area contributed by atoms with E-state index < -0.39 is 29.8 Å². The van der Waals surface area contributed by atoms with Crippen LogP contribution >= 0.6 is 11.6 Å². The molecule has 352 valence electrons. The molecule has 10 N–H and O–H groups in total. The number of nitrogens with two attached hydrogens (primary N) is 3. The fraction of sp³-hybridized carbons (Fsp3) is 0.422. The van der Waals surface area contributed by atoms with Gasteiger partial charge in [-0.05, 0) is 94.3 Å². The maximum Gasteiger partial charge on any atom is 0.261 e. The van der Waals surface area contributed by atoms with Gasteiger partial charge in [-0.25, -0.2) is 10.8 Å². The molecule has 5 amide bonds. The van der Waals surface area contributed by atoms with Gasteiger partial charge in [0.1, 0.15) is 11.9 Å². The molecule has 66 heavy (non-hydrogen) atoms. The second kappa shape index (κ2) is 22.1. The maximum atomic E-state index is 13.3. The summed E-state index contributed by atoms with van der Waals surface area (Å²) in [5.74, 6) is 11.6. The number of alkyl halides is 1. The summed E-state index contributed by atoms with van der Waals surface area (Å²) in [6.07, 6.45) is 3.30. The highest BCUT2D eigenvalue weighted by Crippen LogP contribution is 2.28. The van der Waals surface area contributed by atoms with Crippen molar-refractivity contribution in [2.24, 2.45) is 16.8 Å². The molecule has 0 saturated carbocycles. The fourth-order valence-corrected chi connectivity index (χ4v) is 8.54. The predicted molar refractivity (Wildman–Crippen MR) is 256 cm³/mol. The molecular weight excluding hydrogens is 866 g/mol. The summed E-state index contributed by atoms with van der Waals surface area (Å²) < 4.78 is 0. The van der Waals surface area contributed by atoms with Gasteiger partial charge in [-0.2, -0.15) is 0 Å². The lowest BCUT2D eigenvalue weighted by Gasteiger charge is -2.39. The summed E-state index contributed by atoms with van der Waals surface area (Å²) in [5, 5.41) is 22.4. The minimum absolute atomic E-state index is 0.100. The van der Waals surface area contributed by atoms with Gasteiger partial charge in [0.15, 0.2) is 0 Å². The SMILES string of the molecule is CC1=C(C(=O)Nc2ccc(N)c(C(=N)c3ccnc(N4CCNCC4)c3)c2)[C@@H](C)N(N)/C(=N\N)N1C.Cc1cc(N2CCN(CCCCl)CC2)ccc1C(=O)N(C=O)C1CCC(=O)NC1=O. The Balaban J connectivity index is 0.000000222. The number of hydrazine groups is 1. The number of amides is 5. The third kappa shape index (κ3) is 11.1. The smallest absolute Gasteiger partial charge is 0.261 e. The van der Waals surface area contributed by atoms with Crippen LogP contribution in [0.1, 0.15) is 60.2 Å². The standard InChI is InChI=1S/C24H33N11O.C21H27ClN4O4/c1-14-21(15(2)35(28)24(32-27)33(14)3)23(36)31-17-4-5-19(25)18(13-17)22(26)16-6-7-30-20(12-16)34-10-8-29-9-11-34;1-15-13-16(25-11-9-24(10-12-25)8-2-7-22)3-4-17(15)21(30)26(14-27)18-5-6-19(28)23-20(18)29/h4-7,12-13,15,26,29H,8-11,25,27-28H2,1-3H3,(H,31,36);3-4,13-14,18H,2,5-12H2,1H3,(H,23,28,29)/b26-22?,32-24-;/t15-;/m1./s1. The molecule has 4 aliphatic heterocycles. The van der Waals surface area contributed by atoms with E-state index in [4.69, 9.17) is 34.4 Å². The van der Waals surface area contributed by atoms with Crippen molar-refractivity contribution in [3.05, 3.63) is 88.3 Å². The van der Waals surface area contributed by atoms with Crippen molar-refractivity contribution in [3.8, 4) is 0 Å². The largest absolute Gasteiger partial charge is 0.398 e. The average molecular weight is 927 g/mol. The number of hydrazone groups is 1. The van der Waals surface area contributed by atoms with E-state index in [0.717, 1.165) is 87.3 Å². The first-order valence-corrected chi connectivity index (χ1v) is 22.4. The lowest BCUT2D eigenvalue weighted by molar-refractivity contribution is -0.139. The van der Waals surface area contributed by atoms with Gasteiger partial charge in [-0.15, -0.1) is 16.7 Å². The second-order valence-corrected chi connectivity index (χ2v) is 16.9. The molecule has 0 bridgehead atoms. The zero-order valence-corrected chi connectivity index (χ0v) is 38.6. The van der Waals surface area contributed by atoms with Crippen LogP contribution in [0.25, 0.3) is 0 Å². The van der Waals surface area contributed by atoms with Gasteiger partial charge in [0.2, 0.25) is 24.2 Å². The number of hydrogen-bond acceptors (Lipinski definition) is 15. The van der Waals surface area contributed by atoms with Crippen LogP contribution in [0.15, 0.2) is 71.1 Å². The summed E-state index contributed by atoms with van der Waals surface area (Å²) in [5.41, 5.74) is 12.0. The summed E-state index contributed by atoms with van der Waals surface area (Å²) >= 11 is 5.77. The minimum Gasteiger partial charge on any atom is -0.398 e. The number of anilines is 4. The number of nitrogens with one attached hydrogen (secondary N) is 4. The molecule has 1 aromatic heterocycles. The molecule has 2 aromatic carbocycles. The zero-order chi connectivity index (χ0) is 47.7. The van der Waals surface area contributed by atoms with Crippen molar-refractivity contribution < 1.29 is 24.0 Å². The monoisotopic (exact) mass is 925 g/mol. The molecule has 0 spiro atoms. The van der Waals surface area contributed by atoms with Crippen LogP contribution in [-0.2, 0) is 19.2 Å². The van der Waals surface area contributed by atoms with Gasteiger partial charge in [0.05, 0.1) is 17.3 Å². The van der Waals surface area contributed by atoms with Crippen LogP contribution in [0.2, 0.25) is 0 Å². The van der Waals surface area contributed by atoms with Gasteiger partial charge in [-0.3, -0.25) is 49.5 Å². The first-order chi connectivity index (χ1) is 31.7. The van der Waals surface area contributed by atoms with Gasteiger partial charge in [0, 0.05) is 117 Å². The van der Waals surface area contributed by atoms with Crippen LogP contribution in [0.3, 0.4) is 0 Å². The number of nitrogens with zero attached hydrogens (tertiary/aromatic N) is 8. The Hall–Kier alpha value is -6.61. The van der Waals surface area contributed by atoms with E-state index in [1.807, 2.05) is 32.0 Å².